The number of benzene rings is 2. The molecule has 3 rings (SSSR count). The highest BCUT2D eigenvalue weighted by atomic mass is 35.5. The van der Waals surface area contributed by atoms with Crippen LogP contribution in [0.1, 0.15) is 11.1 Å². The number of ether oxygens (including phenoxy) is 2. The first-order chi connectivity index (χ1) is 13.3. The van der Waals surface area contributed by atoms with E-state index in [1.807, 2.05) is 32.0 Å². The van der Waals surface area contributed by atoms with Gasteiger partial charge in [-0.2, -0.15) is 0 Å². The summed E-state index contributed by atoms with van der Waals surface area (Å²) in [5.41, 5.74) is 2.03. The summed E-state index contributed by atoms with van der Waals surface area (Å²) in [6, 6.07) is 10.3. The number of Topliss-reactive ketones (excluding diaryl/α,β-unsaturated/α-hetero) is 2. The fourth-order valence-electron chi connectivity index (χ4n) is 1.87. The first kappa shape index (κ1) is 23.6. The van der Waals surface area contributed by atoms with Crippen LogP contribution in [0.2, 0.25) is 0 Å². The van der Waals surface area contributed by atoms with E-state index in [0.717, 1.165) is 11.1 Å². The topological polar surface area (TPSA) is 93.1 Å². The largest absolute Gasteiger partial charge is 0.504 e. The first-order valence-corrected chi connectivity index (χ1v) is 9.33. The monoisotopic (exact) mass is 428 g/mol. The van der Waals surface area contributed by atoms with Gasteiger partial charge in [0.2, 0.25) is 5.78 Å². The van der Waals surface area contributed by atoms with Gasteiger partial charge in [0.1, 0.15) is 0 Å². The van der Waals surface area contributed by atoms with Crippen LogP contribution in [0.3, 0.4) is 0 Å². The molecular formula is C20H22Cl2O6. The fraction of sp³-hybridized carbons (Fsp3) is 0.300. The SMILES string of the molecule is Cc1ccc(O)c(O)c1.Cc1ccc2c(c1)OCC(=O)CO2.O=C(CCl)CCl. The Morgan fingerprint density at radius 3 is 1.93 bits per heavy atom. The highest BCUT2D eigenvalue weighted by Crippen LogP contribution is 2.29. The van der Waals surface area contributed by atoms with Gasteiger partial charge in [0.05, 0.1) is 11.8 Å². The van der Waals surface area contributed by atoms with Crippen molar-refractivity contribution in [3.63, 3.8) is 0 Å². The second-order valence-corrected chi connectivity index (χ2v) is 6.40. The molecule has 28 heavy (non-hydrogen) atoms. The molecule has 2 aromatic carbocycles. The van der Waals surface area contributed by atoms with E-state index in [0.29, 0.717) is 11.5 Å². The summed E-state index contributed by atoms with van der Waals surface area (Å²) in [5.74, 6) is 1.08. The molecular weight excluding hydrogens is 407 g/mol. The van der Waals surface area contributed by atoms with Crippen molar-refractivity contribution < 1.29 is 29.3 Å². The molecule has 2 aromatic rings. The van der Waals surface area contributed by atoms with Crippen molar-refractivity contribution in [2.45, 2.75) is 13.8 Å². The number of phenolic OH excluding ortho intramolecular Hbond substituents is 2. The molecule has 1 aliphatic rings. The van der Waals surface area contributed by atoms with E-state index in [1.165, 1.54) is 12.1 Å². The Morgan fingerprint density at radius 2 is 1.43 bits per heavy atom. The molecule has 0 aromatic heterocycles. The molecule has 2 N–H and O–H groups in total. The lowest BCUT2D eigenvalue weighted by molar-refractivity contribution is -0.122. The van der Waals surface area contributed by atoms with Crippen LogP contribution < -0.4 is 9.47 Å². The number of aromatic hydroxyl groups is 2. The van der Waals surface area contributed by atoms with E-state index in [4.69, 9.17) is 42.9 Å². The number of rotatable bonds is 2. The number of carbonyl (C=O) groups excluding carboxylic acids is 2. The number of fused-ring (bicyclic) bond motifs is 1. The summed E-state index contributed by atoms with van der Waals surface area (Å²) in [4.78, 5) is 20.9. The van der Waals surface area contributed by atoms with E-state index in [2.05, 4.69) is 0 Å². The Labute approximate surface area is 173 Å². The van der Waals surface area contributed by atoms with Gasteiger partial charge in [0, 0.05) is 0 Å². The van der Waals surface area contributed by atoms with Crippen LogP contribution in [0.15, 0.2) is 36.4 Å². The maximum absolute atomic E-state index is 11.0. The van der Waals surface area contributed by atoms with Crippen LogP contribution in [0, 0.1) is 13.8 Å². The van der Waals surface area contributed by atoms with Gasteiger partial charge in [-0.05, 0) is 49.2 Å². The molecule has 0 spiro atoms. The lowest BCUT2D eigenvalue weighted by atomic mass is 10.2. The molecule has 1 heterocycles. The molecule has 0 unspecified atom stereocenters. The van der Waals surface area contributed by atoms with Crippen molar-refractivity contribution in [1.82, 2.24) is 0 Å². The van der Waals surface area contributed by atoms with Gasteiger partial charge in [-0.25, -0.2) is 0 Å². The molecule has 1 aliphatic heterocycles. The summed E-state index contributed by atoms with van der Waals surface area (Å²) in [6.45, 7) is 4.03. The maximum Gasteiger partial charge on any atom is 0.207 e. The third-order valence-electron chi connectivity index (χ3n) is 3.31. The van der Waals surface area contributed by atoms with Gasteiger partial charge in [-0.3, -0.25) is 9.59 Å². The highest BCUT2D eigenvalue weighted by Gasteiger charge is 2.14. The number of alkyl halides is 2. The number of aryl methyl sites for hydroxylation is 2. The highest BCUT2D eigenvalue weighted by molar-refractivity contribution is 6.35. The van der Waals surface area contributed by atoms with Crippen molar-refractivity contribution in [1.29, 1.82) is 0 Å². The van der Waals surface area contributed by atoms with E-state index in [9.17, 15) is 9.59 Å². The van der Waals surface area contributed by atoms with Crippen molar-refractivity contribution in [3.8, 4) is 23.0 Å². The smallest absolute Gasteiger partial charge is 0.207 e. The summed E-state index contributed by atoms with van der Waals surface area (Å²) in [7, 11) is 0. The first-order valence-electron chi connectivity index (χ1n) is 8.27. The van der Waals surface area contributed by atoms with E-state index in [1.54, 1.807) is 6.07 Å². The Hall–Kier alpha value is -2.44. The van der Waals surface area contributed by atoms with Gasteiger partial charge < -0.3 is 19.7 Å². The summed E-state index contributed by atoms with van der Waals surface area (Å²) in [6.07, 6.45) is 0. The van der Waals surface area contributed by atoms with Gasteiger partial charge in [-0.15, -0.1) is 23.2 Å². The average Bonchev–Trinajstić information content (AvgIpc) is 2.86. The van der Waals surface area contributed by atoms with Crippen LogP contribution in [-0.4, -0.2) is 46.8 Å². The molecule has 0 radical (unpaired) electrons. The minimum Gasteiger partial charge on any atom is -0.504 e. The number of hydrogen-bond acceptors (Lipinski definition) is 6. The predicted molar refractivity (Wildman–Crippen MR) is 108 cm³/mol. The molecule has 0 saturated carbocycles. The Kier molecular flexibility index (Phi) is 10.2. The van der Waals surface area contributed by atoms with Gasteiger partial charge in [-0.1, -0.05) is 12.1 Å². The second-order valence-electron chi connectivity index (χ2n) is 5.86. The lowest BCUT2D eigenvalue weighted by Crippen LogP contribution is -2.15. The molecule has 0 fully saturated rings. The number of hydrogen-bond donors (Lipinski definition) is 2. The van der Waals surface area contributed by atoms with E-state index < -0.39 is 0 Å². The Bertz CT molecular complexity index is 801. The zero-order chi connectivity index (χ0) is 21.1. The number of phenols is 2. The molecule has 8 heteroatoms. The average molecular weight is 429 g/mol. The van der Waals surface area contributed by atoms with Crippen molar-refractivity contribution in [3.05, 3.63) is 47.5 Å². The standard InChI is InChI=1S/C10H10O3.C7H8O2.C3H4Cl2O/c1-7-2-3-9-10(4-7)13-6-8(11)5-12-9;1-5-2-3-6(8)7(9)4-5;4-1-3(6)2-5/h2-4H,5-6H2,1H3;2-4,8-9H,1H3;1-2H2. The summed E-state index contributed by atoms with van der Waals surface area (Å²) in [5, 5.41) is 17.6. The molecule has 6 nitrogen and oxygen atoms in total. The van der Waals surface area contributed by atoms with Crippen molar-refractivity contribution in [2.75, 3.05) is 25.0 Å². The maximum atomic E-state index is 11.0. The molecule has 0 saturated heterocycles. The third-order valence-corrected chi connectivity index (χ3v) is 3.90. The van der Waals surface area contributed by atoms with Gasteiger partial charge >= 0.3 is 0 Å². The Morgan fingerprint density at radius 1 is 0.893 bits per heavy atom. The zero-order valence-electron chi connectivity index (χ0n) is 15.6. The van der Waals surface area contributed by atoms with Gasteiger partial charge in [0.25, 0.3) is 0 Å². The number of carbonyl (C=O) groups is 2. The molecule has 0 atom stereocenters. The van der Waals surface area contributed by atoms with Crippen molar-refractivity contribution >= 4 is 34.8 Å². The van der Waals surface area contributed by atoms with Crippen molar-refractivity contribution in [2.24, 2.45) is 0 Å². The molecule has 0 aliphatic carbocycles. The molecule has 0 amide bonds. The number of ketones is 2. The number of halogens is 2. The van der Waals surface area contributed by atoms with Crippen LogP contribution in [0.25, 0.3) is 0 Å². The van der Waals surface area contributed by atoms with Crippen LogP contribution >= 0.6 is 23.2 Å². The third kappa shape index (κ3) is 8.50. The minimum absolute atomic E-state index is 0.0312. The normalized spacial score (nSPS) is 11.9. The second kappa shape index (κ2) is 12.1. The van der Waals surface area contributed by atoms with E-state index in [-0.39, 0.29) is 48.0 Å². The fourth-order valence-corrected chi connectivity index (χ4v) is 2.16. The van der Waals surface area contributed by atoms with Crippen LogP contribution in [0.5, 0.6) is 23.0 Å². The van der Waals surface area contributed by atoms with Gasteiger partial charge in [0.15, 0.2) is 42.0 Å². The van der Waals surface area contributed by atoms with Crippen LogP contribution in [-0.2, 0) is 9.59 Å². The lowest BCUT2D eigenvalue weighted by Gasteiger charge is -2.05. The minimum atomic E-state index is -0.127. The predicted octanol–water partition coefficient (Wildman–Crippen LogP) is 3.77. The van der Waals surface area contributed by atoms with Crippen LogP contribution in [0.4, 0.5) is 0 Å². The zero-order valence-corrected chi connectivity index (χ0v) is 17.1. The Balaban J connectivity index is 0.000000229. The quantitative estimate of drug-likeness (QED) is 0.558. The summed E-state index contributed by atoms with van der Waals surface area (Å²) >= 11 is 10.0. The molecule has 0 bridgehead atoms. The molecule has 152 valence electrons. The van der Waals surface area contributed by atoms with E-state index >= 15 is 0 Å². The summed E-state index contributed by atoms with van der Waals surface area (Å²) < 4.78 is 10.5.